The SMILES string of the molecule is CCC(NC(C)(C)C)[Si]1(C)O[SiH](C)O[SiH](C)O[SiH](C)O1. The Hall–Kier alpha value is 0.668. The molecule has 1 rings (SSSR count). The third-order valence-corrected chi connectivity index (χ3v) is 17.6. The number of hydrogen-bond donors (Lipinski definition) is 1. The van der Waals surface area contributed by atoms with Gasteiger partial charge in [-0.15, -0.1) is 0 Å². The van der Waals surface area contributed by atoms with Crippen LogP contribution in [-0.2, 0) is 16.5 Å². The maximum Gasteiger partial charge on any atom is 0.334 e. The van der Waals surface area contributed by atoms with E-state index in [0.717, 1.165) is 6.42 Å². The third-order valence-electron chi connectivity index (χ3n) is 3.21. The molecule has 0 radical (unpaired) electrons. The molecule has 0 aliphatic carbocycles. The second-order valence-electron chi connectivity index (χ2n) is 6.58. The van der Waals surface area contributed by atoms with E-state index < -0.39 is 36.4 Å². The molecule has 0 aromatic heterocycles. The van der Waals surface area contributed by atoms with E-state index in [4.69, 9.17) is 16.5 Å². The lowest BCUT2D eigenvalue weighted by Gasteiger charge is -2.43. The van der Waals surface area contributed by atoms with Crippen LogP contribution in [0.3, 0.4) is 0 Å². The zero-order valence-corrected chi connectivity index (χ0v) is 18.6. The first-order chi connectivity index (χ1) is 9.05. The quantitative estimate of drug-likeness (QED) is 0.777. The van der Waals surface area contributed by atoms with Gasteiger partial charge in [0.15, 0.2) is 0 Å². The Labute approximate surface area is 130 Å². The highest BCUT2D eigenvalue weighted by Gasteiger charge is 2.46. The Kier molecular flexibility index (Phi) is 6.82. The lowest BCUT2D eigenvalue weighted by atomic mass is 10.1. The highest BCUT2D eigenvalue weighted by molar-refractivity contribution is 6.82. The number of nitrogens with one attached hydrogen (secondary N) is 1. The van der Waals surface area contributed by atoms with Gasteiger partial charge in [-0.2, -0.15) is 0 Å². The largest absolute Gasteiger partial charge is 0.420 e. The minimum absolute atomic E-state index is 0.0467. The Morgan fingerprint density at radius 1 is 1.00 bits per heavy atom. The predicted molar refractivity (Wildman–Crippen MR) is 92.0 cm³/mol. The van der Waals surface area contributed by atoms with E-state index in [1.807, 2.05) is 0 Å². The molecule has 5 nitrogen and oxygen atoms in total. The maximum absolute atomic E-state index is 6.38. The average molecular weight is 354 g/mol. The van der Waals surface area contributed by atoms with E-state index in [2.05, 4.69) is 59.2 Å². The molecule has 1 aliphatic rings. The molecule has 0 saturated carbocycles. The predicted octanol–water partition coefficient (Wildman–Crippen LogP) is 1.40. The van der Waals surface area contributed by atoms with Crippen molar-refractivity contribution in [2.24, 2.45) is 0 Å². The summed E-state index contributed by atoms with van der Waals surface area (Å²) in [5.74, 6) is 0. The van der Waals surface area contributed by atoms with Crippen molar-refractivity contribution in [3.63, 3.8) is 0 Å². The molecule has 0 amide bonds. The highest BCUT2D eigenvalue weighted by Crippen LogP contribution is 2.23. The van der Waals surface area contributed by atoms with Crippen LogP contribution in [0.5, 0.6) is 0 Å². The fourth-order valence-corrected chi connectivity index (χ4v) is 17.9. The standard InChI is InChI=1S/C11H31NO4Si4/c1-9-10(12-11(2,3)4)20(8)15-18(6)13-17(5)14-19(7)16-20/h10,12,17-19H,9H2,1-8H3. The lowest BCUT2D eigenvalue weighted by molar-refractivity contribution is 0.248. The van der Waals surface area contributed by atoms with Gasteiger partial charge in [0.25, 0.3) is 27.9 Å². The fraction of sp³-hybridized carbons (Fsp3) is 1.00. The first-order valence-electron chi connectivity index (χ1n) is 7.50. The van der Waals surface area contributed by atoms with Crippen LogP contribution in [0.1, 0.15) is 34.1 Å². The molecule has 1 fully saturated rings. The third kappa shape index (κ3) is 5.81. The molecule has 0 spiro atoms. The fourth-order valence-electron chi connectivity index (χ4n) is 2.61. The Morgan fingerprint density at radius 3 is 1.80 bits per heavy atom. The summed E-state index contributed by atoms with van der Waals surface area (Å²) in [5.41, 5.74) is 0.306. The summed E-state index contributed by atoms with van der Waals surface area (Å²) in [6.45, 7) is 17.1. The van der Waals surface area contributed by atoms with E-state index in [1.54, 1.807) is 0 Å². The molecule has 0 bridgehead atoms. The van der Waals surface area contributed by atoms with Gasteiger partial charge in [-0.25, -0.2) is 0 Å². The Balaban J connectivity index is 2.90. The average Bonchev–Trinajstić information content (AvgIpc) is 2.21. The molecule has 0 aromatic carbocycles. The smallest absolute Gasteiger partial charge is 0.334 e. The second-order valence-corrected chi connectivity index (χ2v) is 16.8. The van der Waals surface area contributed by atoms with Crippen LogP contribution in [0.2, 0.25) is 26.2 Å². The van der Waals surface area contributed by atoms with Crippen LogP contribution in [0, 0.1) is 0 Å². The van der Waals surface area contributed by atoms with Gasteiger partial charge < -0.3 is 21.8 Å². The van der Waals surface area contributed by atoms with Crippen molar-refractivity contribution >= 4 is 36.4 Å². The highest BCUT2D eigenvalue weighted by atomic mass is 28.5. The Bertz CT molecular complexity index is 301. The minimum atomic E-state index is -2.33. The van der Waals surface area contributed by atoms with E-state index in [9.17, 15) is 0 Å². The van der Waals surface area contributed by atoms with E-state index >= 15 is 0 Å². The van der Waals surface area contributed by atoms with Crippen molar-refractivity contribution in [1.82, 2.24) is 5.32 Å². The van der Waals surface area contributed by atoms with E-state index in [-0.39, 0.29) is 11.2 Å². The molecule has 1 heterocycles. The molecule has 3 atom stereocenters. The van der Waals surface area contributed by atoms with Gasteiger partial charge in [0.1, 0.15) is 0 Å². The van der Waals surface area contributed by atoms with Gasteiger partial charge in [0.05, 0.1) is 0 Å². The second kappa shape index (κ2) is 7.29. The maximum atomic E-state index is 6.38. The molecule has 1 N–H and O–H groups in total. The summed E-state index contributed by atoms with van der Waals surface area (Å²) in [7, 11) is -7.20. The molecule has 120 valence electrons. The summed E-state index contributed by atoms with van der Waals surface area (Å²) in [5, 5.41) is 3.67. The van der Waals surface area contributed by atoms with Crippen molar-refractivity contribution in [1.29, 1.82) is 0 Å². The Morgan fingerprint density at radius 2 is 1.45 bits per heavy atom. The molecule has 20 heavy (non-hydrogen) atoms. The van der Waals surface area contributed by atoms with Crippen molar-refractivity contribution in [3.8, 4) is 0 Å². The molecule has 1 saturated heterocycles. The first-order valence-corrected chi connectivity index (χ1v) is 16.2. The van der Waals surface area contributed by atoms with Gasteiger partial charge in [0, 0.05) is 11.2 Å². The zero-order valence-electron chi connectivity index (χ0n) is 14.1. The van der Waals surface area contributed by atoms with Gasteiger partial charge in [0.2, 0.25) is 0 Å². The first kappa shape index (κ1) is 18.7. The monoisotopic (exact) mass is 353 g/mol. The summed E-state index contributed by atoms with van der Waals surface area (Å²) in [6.07, 6.45) is 0.995. The van der Waals surface area contributed by atoms with Crippen molar-refractivity contribution in [2.45, 2.75) is 71.5 Å². The van der Waals surface area contributed by atoms with Crippen molar-refractivity contribution < 1.29 is 16.5 Å². The van der Waals surface area contributed by atoms with Crippen molar-refractivity contribution in [2.75, 3.05) is 0 Å². The number of rotatable bonds is 3. The van der Waals surface area contributed by atoms with Crippen LogP contribution in [-0.4, -0.2) is 47.6 Å². The summed E-state index contributed by atoms with van der Waals surface area (Å²) in [4.78, 5) is 0. The van der Waals surface area contributed by atoms with Crippen LogP contribution in [0.4, 0.5) is 0 Å². The van der Waals surface area contributed by atoms with Gasteiger partial charge in [-0.3, -0.25) is 0 Å². The van der Waals surface area contributed by atoms with Gasteiger partial charge in [-0.1, -0.05) is 6.92 Å². The van der Waals surface area contributed by atoms with Crippen LogP contribution >= 0.6 is 0 Å². The van der Waals surface area contributed by atoms with E-state index in [1.165, 1.54) is 0 Å². The summed E-state index contributed by atoms with van der Waals surface area (Å²) >= 11 is 0. The molecule has 0 aromatic rings. The number of hydrogen-bond acceptors (Lipinski definition) is 5. The molecular formula is C11H31NO4Si4. The minimum Gasteiger partial charge on any atom is -0.420 e. The lowest BCUT2D eigenvalue weighted by Crippen LogP contribution is -2.65. The van der Waals surface area contributed by atoms with Crippen LogP contribution in [0.15, 0.2) is 0 Å². The van der Waals surface area contributed by atoms with Crippen LogP contribution < -0.4 is 5.32 Å². The zero-order chi connectivity index (χ0) is 15.6. The molecule has 3 unspecified atom stereocenters. The van der Waals surface area contributed by atoms with Gasteiger partial charge >= 0.3 is 8.56 Å². The molecule has 9 heteroatoms. The molecular weight excluding hydrogens is 322 g/mol. The van der Waals surface area contributed by atoms with Crippen LogP contribution in [0.25, 0.3) is 0 Å². The summed E-state index contributed by atoms with van der Waals surface area (Å²) in [6, 6.07) is 0. The van der Waals surface area contributed by atoms with Crippen molar-refractivity contribution in [3.05, 3.63) is 0 Å². The van der Waals surface area contributed by atoms with Gasteiger partial charge in [-0.05, 0) is 53.4 Å². The summed E-state index contributed by atoms with van der Waals surface area (Å²) < 4.78 is 24.7. The topological polar surface area (TPSA) is 49.0 Å². The molecule has 1 aliphatic heterocycles. The van der Waals surface area contributed by atoms with E-state index in [0.29, 0.717) is 0 Å². The normalized spacial score (nSPS) is 38.1.